The van der Waals surface area contributed by atoms with Crippen LogP contribution in [-0.4, -0.2) is 28.6 Å². The maximum atomic E-state index is 5.81. The molecule has 2 heterocycles. The number of methoxy groups -OCH3 is 1. The first-order valence-electron chi connectivity index (χ1n) is 8.52. The van der Waals surface area contributed by atoms with Crippen molar-refractivity contribution in [3.63, 3.8) is 0 Å². The molecule has 4 rings (SSSR count). The predicted molar refractivity (Wildman–Crippen MR) is 107 cm³/mol. The Morgan fingerprint density at radius 1 is 1.04 bits per heavy atom. The summed E-state index contributed by atoms with van der Waals surface area (Å²) in [4.78, 5) is 13.2. The second-order valence-electron chi connectivity index (χ2n) is 5.80. The lowest BCUT2D eigenvalue weighted by Crippen LogP contribution is -2.07. The SMILES string of the molecule is COc1cccc(Oc2nc(CCNc3ncnc4ccccc34)cs2)c1. The van der Waals surface area contributed by atoms with Crippen molar-refractivity contribution in [1.82, 2.24) is 15.0 Å². The van der Waals surface area contributed by atoms with Crippen molar-refractivity contribution in [2.75, 3.05) is 19.0 Å². The first-order valence-corrected chi connectivity index (χ1v) is 9.40. The molecule has 7 heteroatoms. The normalized spacial score (nSPS) is 10.7. The summed E-state index contributed by atoms with van der Waals surface area (Å²) in [6.45, 7) is 0.726. The van der Waals surface area contributed by atoms with E-state index in [9.17, 15) is 0 Å². The van der Waals surface area contributed by atoms with Crippen molar-refractivity contribution in [3.05, 3.63) is 65.9 Å². The molecular weight excluding hydrogens is 360 g/mol. The van der Waals surface area contributed by atoms with Gasteiger partial charge in [-0.05, 0) is 24.3 Å². The van der Waals surface area contributed by atoms with E-state index in [2.05, 4.69) is 20.3 Å². The van der Waals surface area contributed by atoms with Gasteiger partial charge in [0.1, 0.15) is 23.6 Å². The number of rotatable bonds is 7. The minimum absolute atomic E-state index is 0.616. The van der Waals surface area contributed by atoms with Crippen LogP contribution in [0.5, 0.6) is 16.7 Å². The highest BCUT2D eigenvalue weighted by Crippen LogP contribution is 2.28. The van der Waals surface area contributed by atoms with Crippen LogP contribution in [0.25, 0.3) is 10.9 Å². The Kier molecular flexibility index (Phi) is 5.11. The zero-order valence-corrected chi connectivity index (χ0v) is 15.6. The van der Waals surface area contributed by atoms with E-state index in [1.807, 2.05) is 53.9 Å². The highest BCUT2D eigenvalue weighted by molar-refractivity contribution is 7.11. The quantitative estimate of drug-likeness (QED) is 0.509. The molecule has 0 unspecified atom stereocenters. The average Bonchev–Trinajstić information content (AvgIpc) is 3.15. The molecule has 0 aliphatic heterocycles. The molecule has 0 aliphatic rings. The molecule has 0 spiro atoms. The van der Waals surface area contributed by atoms with Gasteiger partial charge in [-0.2, -0.15) is 0 Å². The summed E-state index contributed by atoms with van der Waals surface area (Å²) in [7, 11) is 1.63. The summed E-state index contributed by atoms with van der Waals surface area (Å²) >= 11 is 1.48. The van der Waals surface area contributed by atoms with E-state index in [4.69, 9.17) is 9.47 Å². The van der Waals surface area contributed by atoms with Crippen LogP contribution in [0.2, 0.25) is 0 Å². The molecule has 0 radical (unpaired) electrons. The van der Waals surface area contributed by atoms with Gasteiger partial charge in [0, 0.05) is 29.8 Å². The first-order chi connectivity index (χ1) is 13.3. The highest BCUT2D eigenvalue weighted by atomic mass is 32.1. The fourth-order valence-electron chi connectivity index (χ4n) is 2.67. The molecule has 0 saturated carbocycles. The Bertz CT molecular complexity index is 1050. The van der Waals surface area contributed by atoms with E-state index in [1.165, 1.54) is 11.3 Å². The van der Waals surface area contributed by atoms with Gasteiger partial charge < -0.3 is 14.8 Å². The summed E-state index contributed by atoms with van der Waals surface area (Å²) in [5.41, 5.74) is 1.90. The molecule has 0 fully saturated rings. The molecule has 0 atom stereocenters. The first kappa shape index (κ1) is 17.2. The van der Waals surface area contributed by atoms with Crippen molar-refractivity contribution < 1.29 is 9.47 Å². The number of fused-ring (bicyclic) bond motifs is 1. The Hall–Kier alpha value is -3.19. The topological polar surface area (TPSA) is 69.2 Å². The Balaban J connectivity index is 1.37. The third-order valence-corrected chi connectivity index (χ3v) is 4.76. The van der Waals surface area contributed by atoms with Crippen molar-refractivity contribution in [2.45, 2.75) is 6.42 Å². The summed E-state index contributed by atoms with van der Waals surface area (Å²) < 4.78 is 11.0. The Morgan fingerprint density at radius 3 is 2.85 bits per heavy atom. The lowest BCUT2D eigenvalue weighted by atomic mass is 10.2. The van der Waals surface area contributed by atoms with Crippen molar-refractivity contribution >= 4 is 28.1 Å². The van der Waals surface area contributed by atoms with E-state index < -0.39 is 0 Å². The molecule has 2 aromatic heterocycles. The van der Waals surface area contributed by atoms with Crippen LogP contribution < -0.4 is 14.8 Å². The smallest absolute Gasteiger partial charge is 0.278 e. The number of hydrogen-bond acceptors (Lipinski definition) is 7. The maximum Gasteiger partial charge on any atom is 0.278 e. The third kappa shape index (κ3) is 4.15. The van der Waals surface area contributed by atoms with Crippen LogP contribution in [0.3, 0.4) is 0 Å². The molecular formula is C20H18N4O2S. The van der Waals surface area contributed by atoms with Gasteiger partial charge in [0.25, 0.3) is 5.19 Å². The van der Waals surface area contributed by atoms with Gasteiger partial charge in [0.2, 0.25) is 0 Å². The molecule has 4 aromatic rings. The third-order valence-electron chi connectivity index (χ3n) is 3.99. The van der Waals surface area contributed by atoms with E-state index in [-0.39, 0.29) is 0 Å². The summed E-state index contributed by atoms with van der Waals surface area (Å²) in [6, 6.07) is 15.4. The summed E-state index contributed by atoms with van der Waals surface area (Å²) in [5, 5.41) is 7.01. The molecule has 0 bridgehead atoms. The number of hydrogen-bond donors (Lipinski definition) is 1. The fourth-order valence-corrected chi connectivity index (χ4v) is 3.39. The van der Waals surface area contributed by atoms with Gasteiger partial charge in [0.15, 0.2) is 0 Å². The number of anilines is 1. The monoisotopic (exact) mass is 378 g/mol. The minimum atomic E-state index is 0.616. The van der Waals surface area contributed by atoms with Gasteiger partial charge in [-0.3, -0.25) is 0 Å². The second-order valence-corrected chi connectivity index (χ2v) is 6.62. The highest BCUT2D eigenvalue weighted by Gasteiger charge is 2.07. The lowest BCUT2D eigenvalue weighted by Gasteiger charge is -2.07. The van der Waals surface area contributed by atoms with E-state index in [0.717, 1.165) is 41.1 Å². The van der Waals surface area contributed by atoms with Crippen LogP contribution in [0.4, 0.5) is 5.82 Å². The molecule has 0 aliphatic carbocycles. The molecule has 1 N–H and O–H groups in total. The number of benzene rings is 2. The van der Waals surface area contributed by atoms with E-state index >= 15 is 0 Å². The Labute approximate surface area is 160 Å². The average molecular weight is 378 g/mol. The van der Waals surface area contributed by atoms with Gasteiger partial charge in [0.05, 0.1) is 18.3 Å². The van der Waals surface area contributed by atoms with Crippen molar-refractivity contribution in [1.29, 1.82) is 0 Å². The molecule has 6 nitrogen and oxygen atoms in total. The number of nitrogens with zero attached hydrogens (tertiary/aromatic N) is 3. The molecule has 136 valence electrons. The number of nitrogens with one attached hydrogen (secondary N) is 1. The summed E-state index contributed by atoms with van der Waals surface area (Å²) in [6.07, 6.45) is 2.35. The van der Waals surface area contributed by atoms with Crippen LogP contribution in [0.15, 0.2) is 60.2 Å². The van der Waals surface area contributed by atoms with Gasteiger partial charge in [-0.25, -0.2) is 15.0 Å². The van der Waals surface area contributed by atoms with Crippen molar-refractivity contribution in [2.24, 2.45) is 0 Å². The lowest BCUT2D eigenvalue weighted by molar-refractivity contribution is 0.408. The maximum absolute atomic E-state index is 5.81. The standard InChI is InChI=1S/C20H18N4O2S/c1-25-15-5-4-6-16(11-15)26-20-24-14(12-27-20)9-10-21-19-17-7-2-3-8-18(17)22-13-23-19/h2-8,11-13H,9-10H2,1H3,(H,21,22,23). The zero-order chi connectivity index (χ0) is 18.5. The molecule has 0 amide bonds. The Morgan fingerprint density at radius 2 is 1.93 bits per heavy atom. The molecule has 27 heavy (non-hydrogen) atoms. The van der Waals surface area contributed by atoms with Crippen molar-refractivity contribution in [3.8, 4) is 16.7 Å². The second kappa shape index (κ2) is 8.01. The van der Waals surface area contributed by atoms with Crippen LogP contribution in [-0.2, 0) is 6.42 Å². The molecule has 0 saturated heterocycles. The number of aromatic nitrogens is 3. The predicted octanol–water partition coefficient (Wildman–Crippen LogP) is 4.54. The van der Waals surface area contributed by atoms with Gasteiger partial charge in [-0.1, -0.05) is 29.5 Å². The zero-order valence-electron chi connectivity index (χ0n) is 14.8. The van der Waals surface area contributed by atoms with Gasteiger partial charge in [-0.15, -0.1) is 0 Å². The summed E-state index contributed by atoms with van der Waals surface area (Å²) in [5.74, 6) is 2.30. The molecule has 2 aromatic carbocycles. The van der Waals surface area contributed by atoms with Crippen LogP contribution >= 0.6 is 11.3 Å². The van der Waals surface area contributed by atoms with Crippen LogP contribution in [0.1, 0.15) is 5.69 Å². The number of para-hydroxylation sites is 1. The largest absolute Gasteiger partial charge is 0.497 e. The van der Waals surface area contributed by atoms with E-state index in [1.54, 1.807) is 13.4 Å². The fraction of sp³-hybridized carbons (Fsp3) is 0.150. The van der Waals surface area contributed by atoms with E-state index in [0.29, 0.717) is 10.9 Å². The minimum Gasteiger partial charge on any atom is -0.497 e. The number of thiazole rings is 1. The number of ether oxygens (including phenoxy) is 2. The van der Waals surface area contributed by atoms with Gasteiger partial charge >= 0.3 is 0 Å². The van der Waals surface area contributed by atoms with Crippen LogP contribution in [0, 0.1) is 0 Å².